The van der Waals surface area contributed by atoms with Crippen LogP contribution in [0.3, 0.4) is 0 Å². The zero-order valence-corrected chi connectivity index (χ0v) is 14.4. The van der Waals surface area contributed by atoms with Gasteiger partial charge < -0.3 is 26.2 Å². The summed E-state index contributed by atoms with van der Waals surface area (Å²) in [4.78, 5) is 34.6. The van der Waals surface area contributed by atoms with E-state index in [1.807, 2.05) is 30.3 Å². The van der Waals surface area contributed by atoms with E-state index in [-0.39, 0.29) is 25.5 Å². The first-order chi connectivity index (χ1) is 11.8. The van der Waals surface area contributed by atoms with Crippen molar-refractivity contribution in [1.29, 1.82) is 0 Å². The lowest BCUT2D eigenvalue weighted by atomic mass is 10.0. The lowest BCUT2D eigenvalue weighted by Crippen LogP contribution is -2.48. The third kappa shape index (κ3) is 8.16. The van der Waals surface area contributed by atoms with Crippen molar-refractivity contribution in [2.75, 3.05) is 6.54 Å². The van der Waals surface area contributed by atoms with Crippen LogP contribution in [0.4, 0.5) is 4.79 Å². The van der Waals surface area contributed by atoms with Gasteiger partial charge in [-0.1, -0.05) is 44.2 Å². The average molecular weight is 351 g/mol. The molecule has 0 spiro atoms. The number of carbonyl (C=O) groups excluding carboxylic acids is 3. The molecule has 0 unspecified atom stereocenters. The Kier molecular flexibility index (Phi) is 8.42. The molecule has 0 saturated heterocycles. The van der Waals surface area contributed by atoms with Gasteiger partial charge in [-0.3, -0.25) is 9.59 Å². The van der Waals surface area contributed by atoms with Crippen LogP contribution in [-0.2, 0) is 20.9 Å². The molecule has 0 bridgehead atoms. The lowest BCUT2D eigenvalue weighted by Gasteiger charge is -2.20. The van der Waals surface area contributed by atoms with Crippen LogP contribution in [0.5, 0.6) is 0 Å². The molecule has 138 valence electrons. The van der Waals surface area contributed by atoms with Crippen LogP contribution >= 0.6 is 0 Å². The molecule has 0 aliphatic carbocycles. The molecule has 0 aromatic heterocycles. The van der Waals surface area contributed by atoms with E-state index in [1.165, 1.54) is 0 Å². The minimum atomic E-state index is -1.11. The second kappa shape index (κ2) is 10.3. The van der Waals surface area contributed by atoms with Gasteiger partial charge in [0.15, 0.2) is 0 Å². The van der Waals surface area contributed by atoms with Crippen LogP contribution < -0.4 is 16.4 Å². The zero-order chi connectivity index (χ0) is 18.8. The van der Waals surface area contributed by atoms with E-state index in [0.717, 1.165) is 5.56 Å². The molecule has 0 saturated carbocycles. The Balaban J connectivity index is 2.29. The van der Waals surface area contributed by atoms with Gasteiger partial charge in [0.1, 0.15) is 12.6 Å². The van der Waals surface area contributed by atoms with Crippen LogP contribution in [-0.4, -0.2) is 41.7 Å². The van der Waals surface area contributed by atoms with Crippen molar-refractivity contribution in [3.05, 3.63) is 35.9 Å². The smallest absolute Gasteiger partial charge is 0.407 e. The van der Waals surface area contributed by atoms with E-state index < -0.39 is 30.1 Å². The molecule has 8 heteroatoms. The largest absolute Gasteiger partial charge is 0.445 e. The summed E-state index contributed by atoms with van der Waals surface area (Å²) >= 11 is 0. The van der Waals surface area contributed by atoms with Crippen molar-refractivity contribution >= 4 is 17.9 Å². The molecule has 1 rings (SSSR count). The Bertz CT molecular complexity index is 577. The first-order valence-corrected chi connectivity index (χ1v) is 8.01. The number of nitrogens with two attached hydrogens (primary N) is 1. The number of hydrogen-bond donors (Lipinski definition) is 4. The lowest BCUT2D eigenvalue weighted by molar-refractivity contribution is -0.129. The van der Waals surface area contributed by atoms with Gasteiger partial charge in [-0.2, -0.15) is 0 Å². The summed E-state index contributed by atoms with van der Waals surface area (Å²) in [5.74, 6) is -1.32. The Labute approximate surface area is 146 Å². The van der Waals surface area contributed by atoms with Crippen LogP contribution in [0, 0.1) is 5.92 Å². The highest BCUT2D eigenvalue weighted by Gasteiger charge is 2.22. The van der Waals surface area contributed by atoms with Gasteiger partial charge in [0.2, 0.25) is 11.8 Å². The maximum absolute atomic E-state index is 11.8. The Morgan fingerprint density at radius 2 is 1.84 bits per heavy atom. The van der Waals surface area contributed by atoms with Gasteiger partial charge >= 0.3 is 6.09 Å². The van der Waals surface area contributed by atoms with Gasteiger partial charge in [0, 0.05) is 6.54 Å². The summed E-state index contributed by atoms with van der Waals surface area (Å²) in [5, 5.41) is 14.6. The van der Waals surface area contributed by atoms with Crippen molar-refractivity contribution in [2.45, 2.75) is 39.0 Å². The number of hydrogen-bond acceptors (Lipinski definition) is 5. The number of primary amides is 1. The molecule has 8 nitrogen and oxygen atoms in total. The Hall–Kier alpha value is -2.61. The van der Waals surface area contributed by atoms with E-state index in [0.29, 0.717) is 0 Å². The van der Waals surface area contributed by atoms with Gasteiger partial charge in [-0.25, -0.2) is 4.79 Å². The monoisotopic (exact) mass is 351 g/mol. The fraction of sp³-hybridized carbons (Fsp3) is 0.471. The Morgan fingerprint density at radius 3 is 2.40 bits per heavy atom. The van der Waals surface area contributed by atoms with Crippen molar-refractivity contribution in [1.82, 2.24) is 10.6 Å². The summed E-state index contributed by atoms with van der Waals surface area (Å²) < 4.78 is 4.99. The maximum Gasteiger partial charge on any atom is 0.407 e. The van der Waals surface area contributed by atoms with Gasteiger partial charge in [0.25, 0.3) is 0 Å². The molecule has 3 amide bonds. The number of aliphatic hydroxyl groups excluding tert-OH is 1. The molecule has 5 N–H and O–H groups in total. The topological polar surface area (TPSA) is 131 Å². The maximum atomic E-state index is 11.8. The number of benzene rings is 1. The fourth-order valence-corrected chi connectivity index (χ4v) is 2.06. The number of ether oxygens (including phenoxy) is 1. The highest BCUT2D eigenvalue weighted by Crippen LogP contribution is 2.03. The predicted octanol–water partition coefficient (Wildman–Crippen LogP) is 0.290. The second-order valence-corrected chi connectivity index (χ2v) is 5.99. The van der Waals surface area contributed by atoms with E-state index in [9.17, 15) is 19.5 Å². The van der Waals surface area contributed by atoms with Gasteiger partial charge in [0.05, 0.1) is 12.5 Å². The van der Waals surface area contributed by atoms with Crippen molar-refractivity contribution in [3.8, 4) is 0 Å². The summed E-state index contributed by atoms with van der Waals surface area (Å²) in [7, 11) is 0. The number of rotatable bonds is 9. The summed E-state index contributed by atoms with van der Waals surface area (Å²) in [6.07, 6.45) is -2.07. The SMILES string of the molecule is CC(C)[C@@H](NC(=O)C[C@@H](O)CNC(=O)OCc1ccccc1)C(N)=O. The van der Waals surface area contributed by atoms with Crippen LogP contribution in [0.25, 0.3) is 0 Å². The zero-order valence-electron chi connectivity index (χ0n) is 14.4. The third-order valence-electron chi connectivity index (χ3n) is 3.41. The van der Waals surface area contributed by atoms with Crippen LogP contribution in [0.15, 0.2) is 30.3 Å². The number of alkyl carbamates (subject to hydrolysis) is 1. The molecule has 0 fully saturated rings. The molecule has 0 aliphatic heterocycles. The molecule has 2 atom stereocenters. The summed E-state index contributed by atoms with van der Waals surface area (Å²) in [6, 6.07) is 8.34. The summed E-state index contributed by atoms with van der Waals surface area (Å²) in [6.45, 7) is 3.45. The minimum absolute atomic E-state index is 0.109. The van der Waals surface area contributed by atoms with E-state index in [2.05, 4.69) is 10.6 Å². The van der Waals surface area contributed by atoms with E-state index >= 15 is 0 Å². The average Bonchev–Trinajstić information content (AvgIpc) is 2.56. The molecular weight excluding hydrogens is 326 g/mol. The predicted molar refractivity (Wildman–Crippen MR) is 91.2 cm³/mol. The first kappa shape index (κ1) is 20.4. The van der Waals surface area contributed by atoms with Crippen molar-refractivity contribution in [3.63, 3.8) is 0 Å². The highest BCUT2D eigenvalue weighted by molar-refractivity contribution is 5.86. The van der Waals surface area contributed by atoms with Gasteiger partial charge in [-0.15, -0.1) is 0 Å². The fourth-order valence-electron chi connectivity index (χ4n) is 2.06. The minimum Gasteiger partial charge on any atom is -0.445 e. The van der Waals surface area contributed by atoms with Crippen molar-refractivity contribution < 1.29 is 24.2 Å². The van der Waals surface area contributed by atoms with E-state index in [4.69, 9.17) is 10.5 Å². The Morgan fingerprint density at radius 1 is 1.20 bits per heavy atom. The number of nitrogens with one attached hydrogen (secondary N) is 2. The molecule has 25 heavy (non-hydrogen) atoms. The van der Waals surface area contributed by atoms with E-state index in [1.54, 1.807) is 13.8 Å². The standard InChI is InChI=1S/C17H25N3O5/c1-11(2)15(16(18)23)20-14(22)8-13(21)9-19-17(24)25-10-12-6-4-3-5-7-12/h3-7,11,13,15,21H,8-10H2,1-2H3,(H2,18,23)(H,19,24)(H,20,22)/t13-,15-/m1/s1. The number of amides is 3. The summed E-state index contributed by atoms with van der Waals surface area (Å²) in [5.41, 5.74) is 6.04. The normalized spacial score (nSPS) is 13.0. The molecule has 0 aliphatic rings. The van der Waals surface area contributed by atoms with Gasteiger partial charge in [-0.05, 0) is 11.5 Å². The molecule has 1 aromatic carbocycles. The quantitative estimate of drug-likeness (QED) is 0.508. The third-order valence-corrected chi connectivity index (χ3v) is 3.41. The number of carbonyl (C=O) groups is 3. The molecule has 0 heterocycles. The van der Waals surface area contributed by atoms with Crippen LogP contribution in [0.1, 0.15) is 25.8 Å². The van der Waals surface area contributed by atoms with Crippen LogP contribution in [0.2, 0.25) is 0 Å². The number of aliphatic hydroxyl groups is 1. The second-order valence-electron chi connectivity index (χ2n) is 5.99. The molecular formula is C17H25N3O5. The molecule has 1 aromatic rings. The highest BCUT2D eigenvalue weighted by atomic mass is 16.5. The first-order valence-electron chi connectivity index (χ1n) is 8.01. The van der Waals surface area contributed by atoms with Crippen molar-refractivity contribution in [2.24, 2.45) is 11.7 Å². The molecule has 0 radical (unpaired) electrons.